The molecule has 5 heteroatoms. The van der Waals surface area contributed by atoms with Crippen molar-refractivity contribution in [3.8, 4) is 0 Å². The van der Waals surface area contributed by atoms with Crippen LogP contribution in [-0.4, -0.2) is 37.0 Å². The maximum atomic E-state index is 11.7. The third-order valence-electron chi connectivity index (χ3n) is 2.74. The van der Waals surface area contributed by atoms with E-state index in [4.69, 9.17) is 11.6 Å². The minimum absolute atomic E-state index is 0.0563. The fraction of sp³-hybridized carbons (Fsp3) is 0.545. The van der Waals surface area contributed by atoms with Crippen LogP contribution in [-0.2, 0) is 0 Å². The summed E-state index contributed by atoms with van der Waals surface area (Å²) in [7, 11) is 0. The van der Waals surface area contributed by atoms with Crippen LogP contribution in [0.1, 0.15) is 22.5 Å². The zero-order valence-electron chi connectivity index (χ0n) is 9.04. The van der Waals surface area contributed by atoms with Gasteiger partial charge in [-0.1, -0.05) is 11.6 Å². The molecule has 0 bridgehead atoms. The van der Waals surface area contributed by atoms with Gasteiger partial charge < -0.3 is 10.2 Å². The van der Waals surface area contributed by atoms with Gasteiger partial charge in [0, 0.05) is 13.1 Å². The Morgan fingerprint density at radius 3 is 2.88 bits per heavy atom. The third kappa shape index (κ3) is 2.97. The Kier molecular flexibility index (Phi) is 4.21. The van der Waals surface area contributed by atoms with Crippen molar-refractivity contribution in [3.05, 3.63) is 21.3 Å². The van der Waals surface area contributed by atoms with Gasteiger partial charge >= 0.3 is 0 Å². The van der Waals surface area contributed by atoms with Gasteiger partial charge in [0.15, 0.2) is 0 Å². The van der Waals surface area contributed by atoms with E-state index in [-0.39, 0.29) is 5.91 Å². The number of halogens is 1. The molecule has 0 aromatic carbocycles. The van der Waals surface area contributed by atoms with Crippen molar-refractivity contribution < 1.29 is 4.79 Å². The monoisotopic (exact) mass is 258 g/mol. The number of carbonyl (C=O) groups excluding carboxylic acids is 1. The van der Waals surface area contributed by atoms with Crippen molar-refractivity contribution in [3.63, 3.8) is 0 Å². The lowest BCUT2D eigenvalue weighted by molar-refractivity contribution is 0.0954. The van der Waals surface area contributed by atoms with Gasteiger partial charge in [0.2, 0.25) is 0 Å². The number of amides is 1. The fourth-order valence-electron chi connectivity index (χ4n) is 1.87. The summed E-state index contributed by atoms with van der Waals surface area (Å²) in [5.74, 6) is -0.0563. The molecular weight excluding hydrogens is 244 g/mol. The summed E-state index contributed by atoms with van der Waals surface area (Å²) < 4.78 is 0. The molecular formula is C11H15ClN2OS. The molecule has 88 valence electrons. The van der Waals surface area contributed by atoms with E-state index in [9.17, 15) is 4.79 Å². The van der Waals surface area contributed by atoms with Crippen molar-refractivity contribution in [1.82, 2.24) is 10.2 Å². The summed E-state index contributed by atoms with van der Waals surface area (Å²) in [6.07, 6.45) is 2.56. The summed E-state index contributed by atoms with van der Waals surface area (Å²) in [5.41, 5.74) is 0. The Morgan fingerprint density at radius 1 is 1.50 bits per heavy atom. The molecule has 16 heavy (non-hydrogen) atoms. The SMILES string of the molecule is O=C(NCCN1CCCC1)c1sccc1Cl. The lowest BCUT2D eigenvalue weighted by atomic mass is 10.4. The van der Waals surface area contributed by atoms with E-state index in [2.05, 4.69) is 10.2 Å². The van der Waals surface area contributed by atoms with Crippen molar-refractivity contribution in [1.29, 1.82) is 0 Å². The molecule has 0 unspecified atom stereocenters. The largest absolute Gasteiger partial charge is 0.350 e. The van der Waals surface area contributed by atoms with Crippen molar-refractivity contribution in [2.75, 3.05) is 26.2 Å². The van der Waals surface area contributed by atoms with Crippen LogP contribution in [0.25, 0.3) is 0 Å². The van der Waals surface area contributed by atoms with Crippen LogP contribution in [0.15, 0.2) is 11.4 Å². The van der Waals surface area contributed by atoms with E-state index in [1.165, 1.54) is 24.2 Å². The molecule has 0 atom stereocenters. The average Bonchev–Trinajstić information content (AvgIpc) is 2.88. The Hall–Kier alpha value is -0.580. The molecule has 1 aliphatic rings. The van der Waals surface area contributed by atoms with Crippen molar-refractivity contribution in [2.24, 2.45) is 0 Å². The predicted octanol–water partition coefficient (Wildman–Crippen LogP) is 2.23. The number of rotatable bonds is 4. The second kappa shape index (κ2) is 5.66. The molecule has 1 fully saturated rings. The summed E-state index contributed by atoms with van der Waals surface area (Å²) >= 11 is 7.26. The maximum Gasteiger partial charge on any atom is 0.262 e. The Labute approximate surface area is 104 Å². The van der Waals surface area contributed by atoms with Gasteiger partial charge in [0.05, 0.1) is 5.02 Å². The van der Waals surface area contributed by atoms with E-state index in [0.717, 1.165) is 19.6 Å². The maximum absolute atomic E-state index is 11.7. The van der Waals surface area contributed by atoms with E-state index in [1.807, 2.05) is 5.38 Å². The van der Waals surface area contributed by atoms with Crippen LogP contribution >= 0.6 is 22.9 Å². The zero-order valence-corrected chi connectivity index (χ0v) is 10.6. The van der Waals surface area contributed by atoms with Gasteiger partial charge in [-0.25, -0.2) is 0 Å². The van der Waals surface area contributed by atoms with E-state index in [1.54, 1.807) is 6.07 Å². The Bertz CT molecular complexity index is 361. The number of carbonyl (C=O) groups is 1. The van der Waals surface area contributed by atoms with Crippen LogP contribution in [0.5, 0.6) is 0 Å². The quantitative estimate of drug-likeness (QED) is 0.898. The van der Waals surface area contributed by atoms with Crippen molar-refractivity contribution >= 4 is 28.8 Å². The first kappa shape index (κ1) is 11.9. The van der Waals surface area contributed by atoms with Crippen LogP contribution < -0.4 is 5.32 Å². The topological polar surface area (TPSA) is 32.3 Å². The fourth-order valence-corrected chi connectivity index (χ4v) is 2.93. The van der Waals surface area contributed by atoms with Gasteiger partial charge in [-0.05, 0) is 37.4 Å². The summed E-state index contributed by atoms with van der Waals surface area (Å²) in [6.45, 7) is 3.97. The predicted molar refractivity (Wildman–Crippen MR) is 67.3 cm³/mol. The van der Waals surface area contributed by atoms with Gasteiger partial charge in [-0.15, -0.1) is 11.3 Å². The number of nitrogens with one attached hydrogen (secondary N) is 1. The second-order valence-corrected chi connectivity index (χ2v) is 5.23. The number of hydrogen-bond donors (Lipinski definition) is 1. The number of thiophene rings is 1. The molecule has 1 N–H and O–H groups in total. The molecule has 1 aromatic heterocycles. The first-order chi connectivity index (χ1) is 7.77. The zero-order chi connectivity index (χ0) is 11.4. The summed E-state index contributed by atoms with van der Waals surface area (Å²) in [5, 5.41) is 5.27. The van der Waals surface area contributed by atoms with E-state index >= 15 is 0 Å². The Balaban J connectivity index is 1.73. The summed E-state index contributed by atoms with van der Waals surface area (Å²) in [6, 6.07) is 1.75. The van der Waals surface area contributed by atoms with Crippen LogP contribution in [0.4, 0.5) is 0 Å². The number of hydrogen-bond acceptors (Lipinski definition) is 3. The first-order valence-corrected chi connectivity index (χ1v) is 6.76. The lowest BCUT2D eigenvalue weighted by Gasteiger charge is -2.14. The molecule has 0 spiro atoms. The molecule has 1 aromatic rings. The Morgan fingerprint density at radius 2 is 2.25 bits per heavy atom. The highest BCUT2D eigenvalue weighted by Gasteiger charge is 2.13. The van der Waals surface area contributed by atoms with Crippen molar-refractivity contribution in [2.45, 2.75) is 12.8 Å². The second-order valence-electron chi connectivity index (χ2n) is 3.90. The van der Waals surface area contributed by atoms with E-state index in [0.29, 0.717) is 16.4 Å². The summed E-state index contributed by atoms with van der Waals surface area (Å²) in [4.78, 5) is 14.7. The molecule has 3 nitrogen and oxygen atoms in total. The van der Waals surface area contributed by atoms with Crippen LogP contribution in [0.2, 0.25) is 5.02 Å². The van der Waals surface area contributed by atoms with Gasteiger partial charge in [-0.2, -0.15) is 0 Å². The highest BCUT2D eigenvalue weighted by Crippen LogP contribution is 2.21. The highest BCUT2D eigenvalue weighted by atomic mass is 35.5. The number of nitrogens with zero attached hydrogens (tertiary/aromatic N) is 1. The minimum Gasteiger partial charge on any atom is -0.350 e. The normalized spacial score (nSPS) is 16.6. The van der Waals surface area contributed by atoms with Gasteiger partial charge in [0.1, 0.15) is 4.88 Å². The molecule has 2 rings (SSSR count). The third-order valence-corrected chi connectivity index (χ3v) is 4.08. The van der Waals surface area contributed by atoms with Crippen LogP contribution in [0, 0.1) is 0 Å². The number of likely N-dealkylation sites (tertiary alicyclic amines) is 1. The smallest absolute Gasteiger partial charge is 0.262 e. The van der Waals surface area contributed by atoms with Crippen LogP contribution in [0.3, 0.4) is 0 Å². The lowest BCUT2D eigenvalue weighted by Crippen LogP contribution is -2.33. The van der Waals surface area contributed by atoms with Gasteiger partial charge in [-0.3, -0.25) is 4.79 Å². The van der Waals surface area contributed by atoms with Gasteiger partial charge in [0.25, 0.3) is 5.91 Å². The average molecular weight is 259 g/mol. The van der Waals surface area contributed by atoms with E-state index < -0.39 is 0 Å². The molecule has 1 saturated heterocycles. The highest BCUT2D eigenvalue weighted by molar-refractivity contribution is 7.12. The molecule has 0 radical (unpaired) electrons. The minimum atomic E-state index is -0.0563. The first-order valence-electron chi connectivity index (χ1n) is 5.51. The molecule has 1 aliphatic heterocycles. The standard InChI is InChI=1S/C11H15ClN2OS/c12-9-3-8-16-10(9)11(15)13-4-7-14-5-1-2-6-14/h3,8H,1-2,4-7H2,(H,13,15). The molecule has 0 aliphatic carbocycles. The molecule has 1 amide bonds. The molecule has 2 heterocycles. The molecule has 0 saturated carbocycles.